The lowest BCUT2D eigenvalue weighted by molar-refractivity contribution is -0.123. The lowest BCUT2D eigenvalue weighted by Crippen LogP contribution is -2.24. The normalized spacial score (nSPS) is 10.6. The van der Waals surface area contributed by atoms with E-state index in [1.807, 2.05) is 48.5 Å². The number of hydrazone groups is 1. The highest BCUT2D eigenvalue weighted by molar-refractivity contribution is 9.10. The van der Waals surface area contributed by atoms with Crippen molar-refractivity contribution in [2.45, 2.75) is 6.61 Å². The first-order valence-corrected chi connectivity index (χ1v) is 9.98. The zero-order chi connectivity index (χ0) is 21.2. The summed E-state index contributed by atoms with van der Waals surface area (Å²) < 4.78 is 17.3. The molecule has 0 aliphatic heterocycles. The fourth-order valence-electron chi connectivity index (χ4n) is 2.53. The molecule has 154 valence electrons. The third-order valence-electron chi connectivity index (χ3n) is 4.03. The maximum atomic E-state index is 11.9. The van der Waals surface area contributed by atoms with E-state index in [0.717, 1.165) is 21.3 Å². The van der Waals surface area contributed by atoms with E-state index in [1.54, 1.807) is 31.4 Å². The van der Waals surface area contributed by atoms with Crippen molar-refractivity contribution in [2.24, 2.45) is 5.10 Å². The van der Waals surface area contributed by atoms with Crippen LogP contribution in [0.5, 0.6) is 17.2 Å². The number of benzene rings is 3. The van der Waals surface area contributed by atoms with Gasteiger partial charge in [-0.1, -0.05) is 46.3 Å². The van der Waals surface area contributed by atoms with Gasteiger partial charge in [-0.15, -0.1) is 0 Å². The Kier molecular flexibility index (Phi) is 7.86. The van der Waals surface area contributed by atoms with Gasteiger partial charge in [0.15, 0.2) is 6.61 Å². The molecule has 7 heteroatoms. The lowest BCUT2D eigenvalue weighted by atomic mass is 10.2. The minimum Gasteiger partial charge on any atom is -0.496 e. The summed E-state index contributed by atoms with van der Waals surface area (Å²) in [4.78, 5) is 11.9. The van der Waals surface area contributed by atoms with Crippen LogP contribution in [0, 0.1) is 0 Å². The summed E-state index contributed by atoms with van der Waals surface area (Å²) in [6.07, 6.45) is 1.51. The van der Waals surface area contributed by atoms with Gasteiger partial charge in [-0.2, -0.15) is 5.10 Å². The number of halogens is 1. The number of rotatable bonds is 9. The molecule has 1 N–H and O–H groups in total. The summed E-state index contributed by atoms with van der Waals surface area (Å²) in [6.45, 7) is 0.335. The number of hydrogen-bond acceptors (Lipinski definition) is 5. The Morgan fingerprint density at radius 3 is 2.40 bits per heavy atom. The molecule has 0 unspecified atom stereocenters. The Morgan fingerprint density at radius 2 is 1.70 bits per heavy atom. The van der Waals surface area contributed by atoms with Crippen LogP contribution in [0.2, 0.25) is 0 Å². The topological polar surface area (TPSA) is 69.2 Å². The molecule has 0 bridgehead atoms. The van der Waals surface area contributed by atoms with Gasteiger partial charge in [0.05, 0.1) is 13.3 Å². The van der Waals surface area contributed by atoms with Crippen LogP contribution in [-0.4, -0.2) is 25.8 Å². The van der Waals surface area contributed by atoms with Crippen LogP contribution in [0.1, 0.15) is 11.1 Å². The van der Waals surface area contributed by atoms with Gasteiger partial charge < -0.3 is 14.2 Å². The monoisotopic (exact) mass is 468 g/mol. The Labute approximate surface area is 183 Å². The predicted octanol–water partition coefficient (Wildman–Crippen LogP) is 4.57. The first-order chi connectivity index (χ1) is 14.6. The van der Waals surface area contributed by atoms with Crippen LogP contribution in [0.25, 0.3) is 0 Å². The van der Waals surface area contributed by atoms with Crippen molar-refractivity contribution in [1.82, 2.24) is 5.43 Å². The predicted molar refractivity (Wildman–Crippen MR) is 119 cm³/mol. The van der Waals surface area contributed by atoms with Crippen LogP contribution < -0.4 is 19.6 Å². The van der Waals surface area contributed by atoms with Gasteiger partial charge in [-0.05, 0) is 48.0 Å². The molecule has 0 fully saturated rings. The number of carbonyl (C=O) groups excluding carboxylic acids is 1. The fourth-order valence-corrected chi connectivity index (χ4v) is 2.91. The molecule has 0 spiro atoms. The van der Waals surface area contributed by atoms with Crippen molar-refractivity contribution >= 4 is 28.1 Å². The van der Waals surface area contributed by atoms with Crippen LogP contribution >= 0.6 is 15.9 Å². The maximum absolute atomic E-state index is 11.9. The summed E-state index contributed by atoms with van der Waals surface area (Å²) in [6, 6.07) is 22.5. The van der Waals surface area contributed by atoms with E-state index >= 15 is 0 Å². The Hall–Kier alpha value is -3.32. The van der Waals surface area contributed by atoms with E-state index in [9.17, 15) is 4.79 Å². The molecule has 6 nitrogen and oxygen atoms in total. The SMILES string of the molecule is COc1ccc(Br)cc1C=NNC(=O)COc1ccc(OCc2ccccc2)cc1. The number of ether oxygens (including phenoxy) is 3. The summed E-state index contributed by atoms with van der Waals surface area (Å²) in [5.74, 6) is 1.57. The van der Waals surface area contributed by atoms with Crippen molar-refractivity contribution in [3.05, 3.63) is 88.4 Å². The molecule has 0 saturated heterocycles. The molecule has 0 atom stereocenters. The van der Waals surface area contributed by atoms with E-state index in [-0.39, 0.29) is 12.5 Å². The van der Waals surface area contributed by atoms with Crippen LogP contribution in [0.15, 0.2) is 82.4 Å². The van der Waals surface area contributed by atoms with E-state index in [0.29, 0.717) is 18.1 Å². The molecule has 0 aromatic heterocycles. The van der Waals surface area contributed by atoms with Gasteiger partial charge in [-0.25, -0.2) is 5.43 Å². The number of nitrogens with zero attached hydrogens (tertiary/aromatic N) is 1. The van der Waals surface area contributed by atoms with E-state index in [2.05, 4.69) is 26.5 Å². The van der Waals surface area contributed by atoms with E-state index < -0.39 is 0 Å². The third-order valence-corrected chi connectivity index (χ3v) is 4.52. The fraction of sp³-hybridized carbons (Fsp3) is 0.130. The molecule has 0 saturated carbocycles. The van der Waals surface area contributed by atoms with Gasteiger partial charge in [0.2, 0.25) is 0 Å². The number of hydrogen-bond donors (Lipinski definition) is 1. The second-order valence-corrected chi connectivity index (χ2v) is 7.13. The standard InChI is InChI=1S/C23H21BrN2O4/c1-28-22-12-7-19(24)13-18(22)14-25-26-23(27)16-30-21-10-8-20(9-11-21)29-15-17-5-3-2-4-6-17/h2-14H,15-16H2,1H3,(H,26,27). The Morgan fingerprint density at radius 1 is 1.00 bits per heavy atom. The summed E-state index contributed by atoms with van der Waals surface area (Å²) >= 11 is 3.39. The minimum absolute atomic E-state index is 0.156. The summed E-state index contributed by atoms with van der Waals surface area (Å²) in [5.41, 5.74) is 4.26. The molecule has 3 rings (SSSR count). The van der Waals surface area contributed by atoms with Crippen LogP contribution in [-0.2, 0) is 11.4 Å². The van der Waals surface area contributed by atoms with Crippen molar-refractivity contribution in [2.75, 3.05) is 13.7 Å². The van der Waals surface area contributed by atoms with Crippen molar-refractivity contribution in [3.63, 3.8) is 0 Å². The Bertz CT molecular complexity index is 992. The van der Waals surface area contributed by atoms with Gasteiger partial charge >= 0.3 is 0 Å². The molecule has 3 aromatic carbocycles. The van der Waals surface area contributed by atoms with Gasteiger partial charge in [-0.3, -0.25) is 4.79 Å². The molecule has 3 aromatic rings. The maximum Gasteiger partial charge on any atom is 0.277 e. The second kappa shape index (κ2) is 11.0. The van der Waals surface area contributed by atoms with Crippen LogP contribution in [0.4, 0.5) is 0 Å². The number of amides is 1. The molecular formula is C23H21BrN2O4. The van der Waals surface area contributed by atoms with Gasteiger partial charge in [0.25, 0.3) is 5.91 Å². The molecule has 1 amide bonds. The highest BCUT2D eigenvalue weighted by atomic mass is 79.9. The second-order valence-electron chi connectivity index (χ2n) is 6.21. The minimum atomic E-state index is -0.371. The largest absolute Gasteiger partial charge is 0.496 e. The molecule has 30 heavy (non-hydrogen) atoms. The Balaban J connectivity index is 1.44. The highest BCUT2D eigenvalue weighted by Crippen LogP contribution is 2.21. The zero-order valence-corrected chi connectivity index (χ0v) is 18.0. The zero-order valence-electron chi connectivity index (χ0n) is 16.4. The van der Waals surface area contributed by atoms with Crippen molar-refractivity contribution in [3.8, 4) is 17.2 Å². The smallest absolute Gasteiger partial charge is 0.277 e. The molecule has 0 radical (unpaired) electrons. The average Bonchev–Trinajstić information content (AvgIpc) is 2.78. The first-order valence-electron chi connectivity index (χ1n) is 9.19. The quantitative estimate of drug-likeness (QED) is 0.369. The molecule has 0 heterocycles. The average molecular weight is 469 g/mol. The number of carbonyl (C=O) groups is 1. The van der Waals surface area contributed by atoms with Gasteiger partial charge in [0, 0.05) is 10.0 Å². The number of nitrogens with one attached hydrogen (secondary N) is 1. The van der Waals surface area contributed by atoms with Crippen molar-refractivity contribution < 1.29 is 19.0 Å². The highest BCUT2D eigenvalue weighted by Gasteiger charge is 2.04. The third kappa shape index (κ3) is 6.63. The molecule has 0 aliphatic carbocycles. The van der Waals surface area contributed by atoms with Crippen molar-refractivity contribution in [1.29, 1.82) is 0 Å². The molecular weight excluding hydrogens is 448 g/mol. The lowest BCUT2D eigenvalue weighted by Gasteiger charge is -2.08. The summed E-state index contributed by atoms with van der Waals surface area (Å²) in [7, 11) is 1.57. The molecule has 0 aliphatic rings. The van der Waals surface area contributed by atoms with E-state index in [1.165, 1.54) is 6.21 Å². The first kappa shape index (κ1) is 21.4. The summed E-state index contributed by atoms with van der Waals surface area (Å²) in [5, 5.41) is 3.95. The van der Waals surface area contributed by atoms with Gasteiger partial charge in [0.1, 0.15) is 23.9 Å². The number of methoxy groups -OCH3 is 1. The van der Waals surface area contributed by atoms with Crippen LogP contribution in [0.3, 0.4) is 0 Å². The van der Waals surface area contributed by atoms with E-state index in [4.69, 9.17) is 14.2 Å².